The average Bonchev–Trinajstić information content (AvgIpc) is 3.55. The Hall–Kier alpha value is -3.44. The fourth-order valence-corrected chi connectivity index (χ4v) is 6.68. The van der Waals surface area contributed by atoms with Crippen molar-refractivity contribution in [1.82, 2.24) is 15.2 Å². The van der Waals surface area contributed by atoms with Gasteiger partial charge in [0, 0.05) is 33.8 Å². The van der Waals surface area contributed by atoms with Crippen LogP contribution in [0.15, 0.2) is 76.9 Å². The van der Waals surface area contributed by atoms with Gasteiger partial charge in [-0.3, -0.25) is 19.5 Å². The van der Waals surface area contributed by atoms with Crippen LogP contribution in [-0.2, 0) is 15.3 Å². The summed E-state index contributed by atoms with van der Waals surface area (Å²) in [5.41, 5.74) is 1.78. The van der Waals surface area contributed by atoms with Crippen molar-refractivity contribution >= 4 is 68.9 Å². The molecule has 2 aromatic heterocycles. The Morgan fingerprint density at radius 1 is 1.10 bits per heavy atom. The second-order valence-electron chi connectivity index (χ2n) is 9.05. The Morgan fingerprint density at radius 3 is 2.66 bits per heavy atom. The number of ketones is 1. The minimum atomic E-state index is -0.950. The highest BCUT2D eigenvalue weighted by Crippen LogP contribution is 2.44. The lowest BCUT2D eigenvalue weighted by atomic mass is 9.95. The number of hydrogen-bond donors (Lipinski definition) is 1. The van der Waals surface area contributed by atoms with Crippen LogP contribution in [0.5, 0.6) is 5.75 Å². The molecule has 8 nitrogen and oxygen atoms in total. The van der Waals surface area contributed by atoms with Crippen molar-refractivity contribution in [2.24, 2.45) is 0 Å². The van der Waals surface area contributed by atoms with E-state index in [0.29, 0.717) is 43.6 Å². The number of carbonyl (C=O) groups excluding carboxylic acids is 2. The molecule has 1 saturated heterocycles. The highest BCUT2D eigenvalue weighted by molar-refractivity contribution is 8.00. The van der Waals surface area contributed by atoms with Gasteiger partial charge in [-0.2, -0.15) is 0 Å². The highest BCUT2D eigenvalue weighted by Gasteiger charge is 2.48. The quantitative estimate of drug-likeness (QED) is 0.0487. The first-order valence-electron chi connectivity index (χ1n) is 12.7. The van der Waals surface area contributed by atoms with E-state index in [1.807, 2.05) is 12.1 Å². The molecule has 1 unspecified atom stereocenters. The number of halogens is 2. The molecule has 4 aromatic rings. The zero-order valence-electron chi connectivity index (χ0n) is 21.8. The second-order valence-corrected chi connectivity index (χ2v) is 12.1. The lowest BCUT2D eigenvalue weighted by Gasteiger charge is -2.23. The van der Waals surface area contributed by atoms with Crippen LogP contribution in [-0.4, -0.2) is 38.6 Å². The molecule has 0 bridgehead atoms. The first kappa shape index (κ1) is 29.1. The number of carbonyl (C=O) groups is 2. The molecule has 1 N–H and O–H groups in total. The summed E-state index contributed by atoms with van der Waals surface area (Å²) in [6.07, 6.45) is 4.87. The van der Waals surface area contributed by atoms with Gasteiger partial charge in [-0.25, -0.2) is 0 Å². The fourth-order valence-electron chi connectivity index (χ4n) is 4.26. The predicted octanol–water partition coefficient (Wildman–Crippen LogP) is 7.34. The Balaban J connectivity index is 1.52. The Morgan fingerprint density at radius 2 is 1.90 bits per heavy atom. The predicted molar refractivity (Wildman–Crippen MR) is 162 cm³/mol. The Kier molecular flexibility index (Phi) is 9.24. The van der Waals surface area contributed by atoms with E-state index < -0.39 is 17.7 Å². The number of Topliss-reactive ketones (excluding diaryl/α,β-unsaturated/α-hetero) is 1. The fraction of sp³-hybridized carbons (Fsp3) is 0.207. The second kappa shape index (κ2) is 13.0. The monoisotopic (exact) mass is 626 g/mol. The zero-order chi connectivity index (χ0) is 28.9. The number of aromatic nitrogens is 3. The van der Waals surface area contributed by atoms with Crippen molar-refractivity contribution in [3.8, 4) is 5.75 Å². The van der Waals surface area contributed by atoms with E-state index in [0.717, 1.165) is 18.4 Å². The van der Waals surface area contributed by atoms with Gasteiger partial charge in [0.05, 0.1) is 18.2 Å². The number of aliphatic hydroxyl groups is 1. The molecule has 1 atom stereocenters. The molecule has 5 rings (SSSR count). The van der Waals surface area contributed by atoms with E-state index in [1.165, 1.54) is 40.4 Å². The molecule has 1 amide bonds. The third-order valence-corrected chi connectivity index (χ3v) is 9.00. The SMILES string of the molecule is CCCCOc1cccc(C2/C(=C(\O)c3ccncc3)C(=O)C(=O)N2c2nnc(SCc3ccc(Cl)cc3Cl)s2)c1. The minimum absolute atomic E-state index is 0.0516. The molecule has 1 fully saturated rings. The minimum Gasteiger partial charge on any atom is -0.507 e. The largest absolute Gasteiger partial charge is 0.507 e. The first-order chi connectivity index (χ1) is 19.9. The molecule has 0 radical (unpaired) electrons. The summed E-state index contributed by atoms with van der Waals surface area (Å²) in [5, 5.41) is 21.1. The van der Waals surface area contributed by atoms with Crippen LogP contribution in [0, 0.1) is 0 Å². The lowest BCUT2D eigenvalue weighted by Crippen LogP contribution is -2.29. The molecule has 210 valence electrons. The number of anilines is 1. The molecule has 1 aliphatic rings. The number of hydrogen-bond acceptors (Lipinski definition) is 9. The number of thioether (sulfide) groups is 1. The number of unbranched alkanes of at least 4 members (excludes halogenated alkanes) is 1. The van der Waals surface area contributed by atoms with Crippen molar-refractivity contribution in [2.45, 2.75) is 35.9 Å². The molecule has 12 heteroatoms. The van der Waals surface area contributed by atoms with Crippen LogP contribution in [0.2, 0.25) is 10.0 Å². The third-order valence-electron chi connectivity index (χ3n) is 6.31. The summed E-state index contributed by atoms with van der Waals surface area (Å²) in [7, 11) is 0. The average molecular weight is 628 g/mol. The molecule has 2 aromatic carbocycles. The van der Waals surface area contributed by atoms with Crippen LogP contribution < -0.4 is 9.64 Å². The molecule has 0 aliphatic carbocycles. The van der Waals surface area contributed by atoms with Crippen molar-refractivity contribution in [2.75, 3.05) is 11.5 Å². The van der Waals surface area contributed by atoms with Crippen molar-refractivity contribution in [1.29, 1.82) is 0 Å². The van der Waals surface area contributed by atoms with Crippen molar-refractivity contribution in [3.63, 3.8) is 0 Å². The molecule has 3 heterocycles. The topological polar surface area (TPSA) is 106 Å². The van der Waals surface area contributed by atoms with E-state index in [1.54, 1.807) is 42.5 Å². The van der Waals surface area contributed by atoms with Crippen molar-refractivity contribution in [3.05, 3.63) is 99.3 Å². The van der Waals surface area contributed by atoms with Gasteiger partial charge in [-0.05, 0) is 53.9 Å². The Bertz CT molecular complexity index is 1610. The number of nitrogens with zero attached hydrogens (tertiary/aromatic N) is 4. The summed E-state index contributed by atoms with van der Waals surface area (Å²) in [6.45, 7) is 2.61. The standard InChI is InChI=1S/C29H24Cl2N4O4S2/c1-2-3-13-39-21-6-4-5-18(14-21)24-23(25(36)17-9-11-32-12-10-17)26(37)27(38)35(24)28-33-34-29(41-28)40-16-19-7-8-20(30)15-22(19)31/h4-12,14-15,24,36H,2-3,13,16H2,1H3/b25-23+. The summed E-state index contributed by atoms with van der Waals surface area (Å²) in [5.74, 6) is -0.826. The van der Waals surface area contributed by atoms with Crippen LogP contribution in [0.3, 0.4) is 0 Å². The highest BCUT2D eigenvalue weighted by atomic mass is 35.5. The normalized spacial score (nSPS) is 16.4. The maximum atomic E-state index is 13.5. The number of pyridine rings is 1. The van der Waals surface area contributed by atoms with Crippen LogP contribution in [0.25, 0.3) is 5.76 Å². The van der Waals surface area contributed by atoms with Gasteiger partial charge in [0.25, 0.3) is 5.78 Å². The number of aliphatic hydroxyl groups excluding tert-OH is 1. The molecule has 41 heavy (non-hydrogen) atoms. The lowest BCUT2D eigenvalue weighted by molar-refractivity contribution is -0.132. The molecule has 0 spiro atoms. The van der Waals surface area contributed by atoms with Crippen LogP contribution in [0.4, 0.5) is 5.13 Å². The van der Waals surface area contributed by atoms with Crippen LogP contribution >= 0.6 is 46.3 Å². The number of ether oxygens (including phenoxy) is 1. The first-order valence-corrected chi connectivity index (χ1v) is 15.3. The molecular weight excluding hydrogens is 603 g/mol. The van der Waals surface area contributed by atoms with E-state index in [9.17, 15) is 14.7 Å². The number of rotatable bonds is 10. The summed E-state index contributed by atoms with van der Waals surface area (Å²) >= 11 is 14.9. The summed E-state index contributed by atoms with van der Waals surface area (Å²) in [6, 6.07) is 14.6. The summed E-state index contributed by atoms with van der Waals surface area (Å²) < 4.78 is 6.47. The van der Waals surface area contributed by atoms with E-state index in [-0.39, 0.29) is 16.5 Å². The number of amides is 1. The molecule has 1 aliphatic heterocycles. The van der Waals surface area contributed by atoms with Gasteiger partial charge >= 0.3 is 5.91 Å². The molecule has 0 saturated carbocycles. The summed E-state index contributed by atoms with van der Waals surface area (Å²) in [4.78, 5) is 32.2. The van der Waals surface area contributed by atoms with E-state index >= 15 is 0 Å². The number of benzene rings is 2. The van der Waals surface area contributed by atoms with Crippen LogP contribution in [0.1, 0.15) is 42.5 Å². The zero-order valence-corrected chi connectivity index (χ0v) is 24.9. The maximum Gasteiger partial charge on any atom is 0.301 e. The van der Waals surface area contributed by atoms with Gasteiger partial charge in [0.15, 0.2) is 4.34 Å². The maximum absolute atomic E-state index is 13.5. The van der Waals surface area contributed by atoms with Gasteiger partial charge in [0.2, 0.25) is 5.13 Å². The van der Waals surface area contributed by atoms with Gasteiger partial charge < -0.3 is 9.84 Å². The Labute approximate surface area is 255 Å². The smallest absolute Gasteiger partial charge is 0.301 e. The van der Waals surface area contributed by atoms with Gasteiger partial charge in [-0.1, -0.05) is 77.8 Å². The van der Waals surface area contributed by atoms with Gasteiger partial charge in [-0.15, -0.1) is 10.2 Å². The molecular formula is C29H24Cl2N4O4S2. The van der Waals surface area contributed by atoms with Crippen molar-refractivity contribution < 1.29 is 19.4 Å². The van der Waals surface area contributed by atoms with E-state index in [4.69, 9.17) is 27.9 Å². The third kappa shape index (κ3) is 6.41. The van der Waals surface area contributed by atoms with Gasteiger partial charge in [0.1, 0.15) is 11.5 Å². The van der Waals surface area contributed by atoms with E-state index in [2.05, 4.69) is 22.1 Å².